The number of nitrogens with zero attached hydrogens (tertiary/aromatic N) is 1. The zero-order chi connectivity index (χ0) is 11.2. The fraction of sp³-hybridized carbons (Fsp3) is 0.400. The van der Waals surface area contributed by atoms with Gasteiger partial charge in [-0.3, -0.25) is 0 Å². The van der Waals surface area contributed by atoms with E-state index in [2.05, 4.69) is 0 Å². The molecule has 0 saturated carbocycles. The molecule has 2 rings (SSSR count). The lowest BCUT2D eigenvalue weighted by Crippen LogP contribution is -2.34. The van der Waals surface area contributed by atoms with Crippen LogP contribution in [-0.2, 0) is 16.4 Å². The standard InChI is InChI=1S/C10H12FNO2S/c1-7-5-10-8(6-9(7)11)3-4-12(2)15(10,13)14/h5-6H,3-4H2,1-2H3. The van der Waals surface area contributed by atoms with Crippen molar-refractivity contribution in [3.8, 4) is 0 Å². The van der Waals surface area contributed by atoms with Crippen LogP contribution in [0.1, 0.15) is 11.1 Å². The number of benzene rings is 1. The van der Waals surface area contributed by atoms with E-state index in [1.54, 1.807) is 6.92 Å². The number of halogens is 1. The molecule has 0 spiro atoms. The molecule has 82 valence electrons. The Kier molecular flexibility index (Phi) is 2.31. The summed E-state index contributed by atoms with van der Waals surface area (Å²) in [6, 6.07) is 2.74. The fourth-order valence-corrected chi connectivity index (χ4v) is 3.18. The highest BCUT2D eigenvalue weighted by molar-refractivity contribution is 7.89. The van der Waals surface area contributed by atoms with Gasteiger partial charge in [0.1, 0.15) is 5.82 Å². The van der Waals surface area contributed by atoms with Gasteiger partial charge in [-0.05, 0) is 36.6 Å². The van der Waals surface area contributed by atoms with Crippen molar-refractivity contribution in [3.05, 3.63) is 29.1 Å². The Labute approximate surface area is 88.6 Å². The first-order valence-corrected chi connectivity index (χ1v) is 6.12. The summed E-state index contributed by atoms with van der Waals surface area (Å²) in [5.41, 5.74) is 0.948. The molecule has 0 aliphatic carbocycles. The van der Waals surface area contributed by atoms with Gasteiger partial charge in [-0.1, -0.05) is 0 Å². The van der Waals surface area contributed by atoms with Gasteiger partial charge in [0, 0.05) is 13.6 Å². The number of hydrogen-bond acceptors (Lipinski definition) is 2. The maximum absolute atomic E-state index is 13.2. The molecule has 0 saturated heterocycles. The van der Waals surface area contributed by atoms with Crippen LogP contribution in [-0.4, -0.2) is 26.3 Å². The van der Waals surface area contributed by atoms with Gasteiger partial charge in [0.2, 0.25) is 10.0 Å². The van der Waals surface area contributed by atoms with E-state index >= 15 is 0 Å². The normalized spacial score (nSPS) is 19.9. The molecule has 3 nitrogen and oxygen atoms in total. The van der Waals surface area contributed by atoms with Gasteiger partial charge in [-0.2, -0.15) is 0 Å². The molecule has 0 amide bonds. The zero-order valence-corrected chi connectivity index (χ0v) is 9.44. The lowest BCUT2D eigenvalue weighted by atomic mass is 10.1. The van der Waals surface area contributed by atoms with Crippen LogP contribution in [0.15, 0.2) is 17.0 Å². The third-order valence-corrected chi connectivity index (χ3v) is 4.67. The summed E-state index contributed by atoms with van der Waals surface area (Å²) in [5.74, 6) is -0.339. The average molecular weight is 229 g/mol. The Morgan fingerprint density at radius 1 is 1.40 bits per heavy atom. The second-order valence-corrected chi connectivity index (χ2v) is 5.80. The van der Waals surface area contributed by atoms with Crippen molar-refractivity contribution in [1.29, 1.82) is 0 Å². The summed E-state index contributed by atoms with van der Waals surface area (Å²) in [4.78, 5) is 0.246. The van der Waals surface area contributed by atoms with Crippen molar-refractivity contribution in [2.75, 3.05) is 13.6 Å². The van der Waals surface area contributed by atoms with Crippen LogP contribution in [0, 0.1) is 12.7 Å². The Morgan fingerprint density at radius 2 is 2.07 bits per heavy atom. The van der Waals surface area contributed by atoms with E-state index in [4.69, 9.17) is 0 Å². The molecule has 0 aromatic heterocycles. The van der Waals surface area contributed by atoms with Gasteiger partial charge >= 0.3 is 0 Å². The summed E-state index contributed by atoms with van der Waals surface area (Å²) in [5, 5.41) is 0. The molecular formula is C10H12FNO2S. The fourth-order valence-electron chi connectivity index (χ4n) is 1.70. The molecule has 0 atom stereocenters. The summed E-state index contributed by atoms with van der Waals surface area (Å²) < 4.78 is 38.3. The van der Waals surface area contributed by atoms with Crippen LogP contribution in [0.3, 0.4) is 0 Å². The molecule has 1 heterocycles. The minimum absolute atomic E-state index is 0.246. The topological polar surface area (TPSA) is 37.4 Å². The number of fused-ring (bicyclic) bond motifs is 1. The molecule has 0 bridgehead atoms. The summed E-state index contributed by atoms with van der Waals surface area (Å²) in [6.45, 7) is 1.98. The maximum atomic E-state index is 13.2. The molecule has 0 radical (unpaired) electrons. The van der Waals surface area contributed by atoms with Crippen LogP contribution in [0.4, 0.5) is 4.39 Å². The van der Waals surface area contributed by atoms with Crippen LogP contribution in [0.2, 0.25) is 0 Å². The zero-order valence-electron chi connectivity index (χ0n) is 8.62. The number of likely N-dealkylation sites (N-methyl/N-ethyl adjacent to an activating group) is 1. The second kappa shape index (κ2) is 3.28. The van der Waals surface area contributed by atoms with Crippen molar-refractivity contribution in [2.24, 2.45) is 0 Å². The van der Waals surface area contributed by atoms with Crippen LogP contribution in [0.25, 0.3) is 0 Å². The van der Waals surface area contributed by atoms with E-state index in [9.17, 15) is 12.8 Å². The lowest BCUT2D eigenvalue weighted by Gasteiger charge is -2.25. The third kappa shape index (κ3) is 1.55. The molecule has 0 fully saturated rings. The Morgan fingerprint density at radius 3 is 2.73 bits per heavy atom. The van der Waals surface area contributed by atoms with Gasteiger partial charge < -0.3 is 0 Å². The van der Waals surface area contributed by atoms with E-state index in [0.29, 0.717) is 24.1 Å². The van der Waals surface area contributed by atoms with Gasteiger partial charge in [0.15, 0.2) is 0 Å². The predicted molar refractivity (Wildman–Crippen MR) is 54.7 cm³/mol. The van der Waals surface area contributed by atoms with E-state index < -0.39 is 10.0 Å². The highest BCUT2D eigenvalue weighted by Gasteiger charge is 2.29. The van der Waals surface area contributed by atoms with Gasteiger partial charge in [-0.15, -0.1) is 0 Å². The minimum atomic E-state index is -3.39. The lowest BCUT2D eigenvalue weighted by molar-refractivity contribution is 0.455. The largest absolute Gasteiger partial charge is 0.243 e. The van der Waals surface area contributed by atoms with Crippen molar-refractivity contribution >= 4 is 10.0 Å². The molecule has 1 aromatic rings. The van der Waals surface area contributed by atoms with E-state index in [1.165, 1.54) is 23.5 Å². The third-order valence-electron chi connectivity index (χ3n) is 2.73. The van der Waals surface area contributed by atoms with Crippen LogP contribution < -0.4 is 0 Å². The number of hydrogen-bond donors (Lipinski definition) is 0. The maximum Gasteiger partial charge on any atom is 0.243 e. The molecule has 0 N–H and O–H groups in total. The minimum Gasteiger partial charge on any atom is -0.207 e. The monoisotopic (exact) mass is 229 g/mol. The van der Waals surface area contributed by atoms with E-state index in [0.717, 1.165) is 0 Å². The van der Waals surface area contributed by atoms with Crippen molar-refractivity contribution in [1.82, 2.24) is 4.31 Å². The van der Waals surface area contributed by atoms with Crippen molar-refractivity contribution < 1.29 is 12.8 Å². The van der Waals surface area contributed by atoms with Crippen LogP contribution >= 0.6 is 0 Å². The SMILES string of the molecule is Cc1cc2c(cc1F)CCN(C)S2(=O)=O. The first-order chi connectivity index (χ1) is 6.93. The smallest absolute Gasteiger partial charge is 0.207 e. The Bertz CT molecular complexity index is 510. The molecule has 0 unspecified atom stereocenters. The second-order valence-electron chi connectivity index (χ2n) is 3.79. The Balaban J connectivity index is 2.70. The summed E-state index contributed by atoms with van der Waals surface area (Å²) in [7, 11) is -1.85. The van der Waals surface area contributed by atoms with Gasteiger partial charge in [0.05, 0.1) is 4.90 Å². The Hall–Kier alpha value is -0.940. The van der Waals surface area contributed by atoms with E-state index in [-0.39, 0.29) is 10.7 Å². The molecular weight excluding hydrogens is 217 g/mol. The summed E-state index contributed by atoms with van der Waals surface area (Å²) in [6.07, 6.45) is 0.572. The number of rotatable bonds is 0. The average Bonchev–Trinajstić information content (AvgIpc) is 2.16. The summed E-state index contributed by atoms with van der Waals surface area (Å²) >= 11 is 0. The van der Waals surface area contributed by atoms with Crippen LogP contribution in [0.5, 0.6) is 0 Å². The van der Waals surface area contributed by atoms with Gasteiger partial charge in [-0.25, -0.2) is 17.1 Å². The van der Waals surface area contributed by atoms with Gasteiger partial charge in [0.25, 0.3) is 0 Å². The quantitative estimate of drug-likeness (QED) is 0.672. The first-order valence-electron chi connectivity index (χ1n) is 4.68. The molecule has 5 heteroatoms. The molecule has 1 aliphatic heterocycles. The molecule has 15 heavy (non-hydrogen) atoms. The highest BCUT2D eigenvalue weighted by atomic mass is 32.2. The van der Waals surface area contributed by atoms with E-state index in [1.807, 2.05) is 0 Å². The highest BCUT2D eigenvalue weighted by Crippen LogP contribution is 2.27. The molecule has 1 aromatic carbocycles. The predicted octanol–water partition coefficient (Wildman–Crippen LogP) is 1.31. The van der Waals surface area contributed by atoms with Crippen molar-refractivity contribution in [2.45, 2.75) is 18.2 Å². The number of aryl methyl sites for hydroxylation is 1. The number of sulfonamides is 1. The first kappa shape index (κ1) is 10.6. The molecule has 1 aliphatic rings. The van der Waals surface area contributed by atoms with Crippen molar-refractivity contribution in [3.63, 3.8) is 0 Å².